The minimum atomic E-state index is -0.594. The van der Waals surface area contributed by atoms with Crippen LogP contribution in [-0.4, -0.2) is 6.54 Å². The Bertz CT molecular complexity index is 587. The lowest BCUT2D eigenvalue weighted by Crippen LogP contribution is -2.08. The summed E-state index contributed by atoms with van der Waals surface area (Å²) in [6, 6.07) is 11.6. The van der Waals surface area contributed by atoms with Crippen LogP contribution in [0.1, 0.15) is 12.0 Å². The van der Waals surface area contributed by atoms with E-state index in [1.54, 1.807) is 0 Å². The van der Waals surface area contributed by atoms with Crippen LogP contribution in [0.3, 0.4) is 0 Å². The monoisotopic (exact) mass is 293 g/mol. The molecular weight excluding hydrogens is 277 g/mol. The average molecular weight is 294 g/mol. The van der Waals surface area contributed by atoms with Gasteiger partial charge in [-0.05, 0) is 24.5 Å². The van der Waals surface area contributed by atoms with Gasteiger partial charge in [0.15, 0.2) is 5.82 Å². The zero-order valence-corrected chi connectivity index (χ0v) is 11.8. The van der Waals surface area contributed by atoms with Crippen molar-refractivity contribution in [2.45, 2.75) is 12.8 Å². The van der Waals surface area contributed by atoms with Crippen molar-refractivity contribution in [1.29, 1.82) is 0 Å². The number of nitrogens with two attached hydrogens (primary N) is 2. The lowest BCUT2D eigenvalue weighted by atomic mass is 10.1. The maximum Gasteiger partial charge on any atom is 0.169 e. The molecular formula is C15H17ClFN3. The number of nitrogen functional groups attached to an aromatic ring is 2. The number of benzene rings is 2. The second kappa shape index (κ2) is 6.48. The van der Waals surface area contributed by atoms with Crippen molar-refractivity contribution in [2.24, 2.45) is 0 Å². The highest BCUT2D eigenvalue weighted by molar-refractivity contribution is 6.33. The van der Waals surface area contributed by atoms with Gasteiger partial charge < -0.3 is 16.8 Å². The molecule has 20 heavy (non-hydrogen) atoms. The molecule has 0 bridgehead atoms. The normalized spacial score (nSPS) is 10.5. The van der Waals surface area contributed by atoms with Gasteiger partial charge in [-0.15, -0.1) is 0 Å². The summed E-state index contributed by atoms with van der Waals surface area (Å²) in [5.41, 5.74) is 13.2. The van der Waals surface area contributed by atoms with Crippen molar-refractivity contribution in [1.82, 2.24) is 0 Å². The maximum atomic E-state index is 13.9. The minimum Gasteiger partial charge on any atom is -0.397 e. The standard InChI is InChI=1S/C15H17ClFN3/c16-13-11(18)9-12(19)15(14(13)17)20-8-4-7-10-5-2-1-3-6-10/h1-3,5-6,9,20H,4,7-8,18-19H2. The molecule has 106 valence electrons. The topological polar surface area (TPSA) is 64.1 Å². The predicted octanol–water partition coefficient (Wildman–Crippen LogP) is 3.69. The van der Waals surface area contributed by atoms with E-state index < -0.39 is 5.82 Å². The van der Waals surface area contributed by atoms with Crippen LogP contribution < -0.4 is 16.8 Å². The molecule has 0 aliphatic heterocycles. The second-order valence-corrected chi connectivity index (χ2v) is 4.95. The molecule has 0 saturated heterocycles. The summed E-state index contributed by atoms with van der Waals surface area (Å²) in [5, 5.41) is 2.89. The molecule has 3 nitrogen and oxygen atoms in total. The summed E-state index contributed by atoms with van der Waals surface area (Å²) in [4.78, 5) is 0. The molecule has 0 heterocycles. The van der Waals surface area contributed by atoms with E-state index in [1.807, 2.05) is 18.2 Å². The van der Waals surface area contributed by atoms with Gasteiger partial charge in [0.25, 0.3) is 0 Å². The van der Waals surface area contributed by atoms with E-state index >= 15 is 0 Å². The molecule has 0 unspecified atom stereocenters. The van der Waals surface area contributed by atoms with Crippen LogP contribution in [0.25, 0.3) is 0 Å². The Morgan fingerprint density at radius 3 is 2.50 bits per heavy atom. The Morgan fingerprint density at radius 1 is 1.10 bits per heavy atom. The van der Waals surface area contributed by atoms with Crippen LogP contribution in [0.2, 0.25) is 5.02 Å². The second-order valence-electron chi connectivity index (χ2n) is 4.57. The quantitative estimate of drug-likeness (QED) is 0.582. The SMILES string of the molecule is Nc1cc(N)c(NCCCc2ccccc2)c(F)c1Cl. The highest BCUT2D eigenvalue weighted by atomic mass is 35.5. The first-order chi connectivity index (χ1) is 9.59. The largest absolute Gasteiger partial charge is 0.397 e. The molecule has 0 aliphatic carbocycles. The van der Waals surface area contributed by atoms with Gasteiger partial charge in [-0.1, -0.05) is 41.9 Å². The molecule has 2 aromatic carbocycles. The first-order valence-corrected chi connectivity index (χ1v) is 6.78. The molecule has 5 N–H and O–H groups in total. The summed E-state index contributed by atoms with van der Waals surface area (Å²) in [6.45, 7) is 0.607. The number of hydrogen-bond donors (Lipinski definition) is 3. The number of halogens is 2. The molecule has 0 aliphatic rings. The van der Waals surface area contributed by atoms with Crippen molar-refractivity contribution >= 4 is 28.7 Å². The molecule has 2 aromatic rings. The van der Waals surface area contributed by atoms with Crippen molar-refractivity contribution in [3.8, 4) is 0 Å². The molecule has 5 heteroatoms. The fourth-order valence-electron chi connectivity index (χ4n) is 2.00. The van der Waals surface area contributed by atoms with E-state index in [9.17, 15) is 4.39 Å². The first kappa shape index (κ1) is 14.5. The number of anilines is 3. The van der Waals surface area contributed by atoms with Crippen molar-refractivity contribution in [2.75, 3.05) is 23.3 Å². The lowest BCUT2D eigenvalue weighted by molar-refractivity contribution is 0.631. The van der Waals surface area contributed by atoms with Crippen LogP contribution in [0.4, 0.5) is 21.5 Å². The molecule has 0 saturated carbocycles. The van der Waals surface area contributed by atoms with E-state index in [4.69, 9.17) is 23.1 Å². The zero-order valence-electron chi connectivity index (χ0n) is 11.0. The smallest absolute Gasteiger partial charge is 0.169 e. The van der Waals surface area contributed by atoms with E-state index in [1.165, 1.54) is 11.6 Å². The van der Waals surface area contributed by atoms with E-state index in [0.717, 1.165) is 12.8 Å². The summed E-state index contributed by atoms with van der Waals surface area (Å²) in [5.74, 6) is -0.594. The first-order valence-electron chi connectivity index (χ1n) is 6.40. The molecule has 0 spiro atoms. The summed E-state index contributed by atoms with van der Waals surface area (Å²) < 4.78 is 13.9. The van der Waals surface area contributed by atoms with Gasteiger partial charge in [-0.25, -0.2) is 4.39 Å². The Balaban J connectivity index is 1.93. The Hall–Kier alpha value is -1.94. The molecule has 0 radical (unpaired) electrons. The van der Waals surface area contributed by atoms with E-state index in [0.29, 0.717) is 6.54 Å². The minimum absolute atomic E-state index is 0.0928. The Morgan fingerprint density at radius 2 is 1.80 bits per heavy atom. The molecule has 0 aromatic heterocycles. The van der Waals surface area contributed by atoms with Gasteiger partial charge in [0.2, 0.25) is 0 Å². The molecule has 0 amide bonds. The zero-order chi connectivity index (χ0) is 14.5. The Labute approximate surface area is 122 Å². The molecule has 2 rings (SSSR count). The van der Waals surface area contributed by atoms with Crippen molar-refractivity contribution in [3.63, 3.8) is 0 Å². The third-order valence-electron chi connectivity index (χ3n) is 3.05. The number of nitrogens with one attached hydrogen (secondary N) is 1. The van der Waals surface area contributed by atoms with Gasteiger partial charge in [0, 0.05) is 6.54 Å². The number of rotatable bonds is 5. The average Bonchev–Trinajstić information content (AvgIpc) is 2.45. The van der Waals surface area contributed by atoms with Gasteiger partial charge >= 0.3 is 0 Å². The maximum absolute atomic E-state index is 13.9. The van der Waals surface area contributed by atoms with E-state index in [2.05, 4.69) is 17.4 Å². The van der Waals surface area contributed by atoms with Crippen LogP contribution in [0, 0.1) is 5.82 Å². The molecule has 0 atom stereocenters. The fraction of sp³-hybridized carbons (Fsp3) is 0.200. The highest BCUT2D eigenvalue weighted by Gasteiger charge is 2.13. The number of hydrogen-bond acceptors (Lipinski definition) is 3. The van der Waals surface area contributed by atoms with Crippen molar-refractivity contribution in [3.05, 3.63) is 52.8 Å². The van der Waals surface area contributed by atoms with Crippen LogP contribution >= 0.6 is 11.6 Å². The van der Waals surface area contributed by atoms with Crippen LogP contribution in [0.5, 0.6) is 0 Å². The summed E-state index contributed by atoms with van der Waals surface area (Å²) in [6.07, 6.45) is 1.78. The summed E-state index contributed by atoms with van der Waals surface area (Å²) in [7, 11) is 0. The van der Waals surface area contributed by atoms with Gasteiger partial charge in [-0.2, -0.15) is 0 Å². The highest BCUT2D eigenvalue weighted by Crippen LogP contribution is 2.33. The van der Waals surface area contributed by atoms with Gasteiger partial charge in [0.1, 0.15) is 5.02 Å². The number of aryl methyl sites for hydroxylation is 1. The summed E-state index contributed by atoms with van der Waals surface area (Å²) >= 11 is 5.77. The lowest BCUT2D eigenvalue weighted by Gasteiger charge is -2.12. The van der Waals surface area contributed by atoms with Crippen LogP contribution in [-0.2, 0) is 6.42 Å². The van der Waals surface area contributed by atoms with Crippen molar-refractivity contribution < 1.29 is 4.39 Å². The predicted molar refractivity (Wildman–Crippen MR) is 83.5 cm³/mol. The van der Waals surface area contributed by atoms with Gasteiger partial charge in [0.05, 0.1) is 17.1 Å². The van der Waals surface area contributed by atoms with Crippen LogP contribution in [0.15, 0.2) is 36.4 Å². The Kier molecular flexibility index (Phi) is 4.69. The third-order valence-corrected chi connectivity index (χ3v) is 3.44. The fourth-order valence-corrected chi connectivity index (χ4v) is 2.15. The third kappa shape index (κ3) is 3.33. The van der Waals surface area contributed by atoms with Gasteiger partial charge in [-0.3, -0.25) is 0 Å². The van der Waals surface area contributed by atoms with E-state index in [-0.39, 0.29) is 22.1 Å². The molecule has 0 fully saturated rings.